The van der Waals surface area contributed by atoms with E-state index >= 15 is 0 Å². The maximum atomic E-state index is 11.9. The monoisotopic (exact) mass is 272 g/mol. The molecule has 0 aromatic carbocycles. The van der Waals surface area contributed by atoms with Gasteiger partial charge in [0.25, 0.3) is 11.5 Å². The minimum absolute atomic E-state index is 0.0614. The summed E-state index contributed by atoms with van der Waals surface area (Å²) in [6, 6.07) is 1.45. The Kier molecular flexibility index (Phi) is 3.18. The van der Waals surface area contributed by atoms with Gasteiger partial charge in [-0.2, -0.15) is 0 Å². The van der Waals surface area contributed by atoms with Crippen molar-refractivity contribution in [3.63, 3.8) is 0 Å². The van der Waals surface area contributed by atoms with Crippen LogP contribution in [0.3, 0.4) is 0 Å². The first kappa shape index (κ1) is 12.7. The van der Waals surface area contributed by atoms with Crippen molar-refractivity contribution in [2.24, 2.45) is 5.92 Å². The van der Waals surface area contributed by atoms with Gasteiger partial charge in [-0.25, -0.2) is 4.98 Å². The lowest BCUT2D eigenvalue weighted by molar-refractivity contribution is -0.124. The molecule has 1 saturated heterocycles. The number of amides is 1. The van der Waals surface area contributed by atoms with Crippen LogP contribution >= 0.6 is 0 Å². The van der Waals surface area contributed by atoms with Crippen LogP contribution in [0.2, 0.25) is 0 Å². The van der Waals surface area contributed by atoms with Gasteiger partial charge in [-0.1, -0.05) is 5.92 Å². The fraction of sp³-hybridized carbons (Fsp3) is 0.500. The van der Waals surface area contributed by atoms with E-state index in [0.717, 1.165) is 19.3 Å². The predicted molar refractivity (Wildman–Crippen MR) is 73.7 cm³/mol. The quantitative estimate of drug-likeness (QED) is 0.708. The molecule has 0 bridgehead atoms. The molecular formula is C14H16N4O2. The van der Waals surface area contributed by atoms with Crippen molar-refractivity contribution in [2.45, 2.75) is 25.2 Å². The van der Waals surface area contributed by atoms with E-state index in [1.165, 1.54) is 6.07 Å². The number of anilines is 1. The van der Waals surface area contributed by atoms with E-state index in [4.69, 9.17) is 5.73 Å². The number of carbonyl (C=O) groups excluding carboxylic acids is 1. The highest BCUT2D eigenvalue weighted by Gasteiger charge is 2.28. The Bertz CT molecular complexity index is 651. The Morgan fingerprint density at radius 2 is 2.25 bits per heavy atom. The topological polar surface area (TPSA) is 92.1 Å². The summed E-state index contributed by atoms with van der Waals surface area (Å²) in [7, 11) is 0. The molecule has 1 aromatic rings. The smallest absolute Gasteiger partial charge is 0.298 e. The van der Waals surface area contributed by atoms with Gasteiger partial charge in [-0.05, 0) is 25.2 Å². The zero-order chi connectivity index (χ0) is 14.1. The fourth-order valence-corrected chi connectivity index (χ4v) is 2.36. The van der Waals surface area contributed by atoms with Crippen LogP contribution in [0.25, 0.3) is 0 Å². The number of likely N-dealkylation sites (tertiary alicyclic amines) is 1. The van der Waals surface area contributed by atoms with Gasteiger partial charge < -0.3 is 10.6 Å². The predicted octanol–water partition coefficient (Wildman–Crippen LogP) is 0.0814. The minimum Gasteiger partial charge on any atom is -0.369 e. The molecule has 1 atom stereocenters. The van der Waals surface area contributed by atoms with E-state index in [0.29, 0.717) is 24.7 Å². The molecule has 1 aromatic heterocycles. The van der Waals surface area contributed by atoms with E-state index in [1.807, 2.05) is 0 Å². The average Bonchev–Trinajstić information content (AvgIpc) is 3.09. The number of hydrogen-bond donors (Lipinski definition) is 2. The largest absolute Gasteiger partial charge is 0.369 e. The highest BCUT2D eigenvalue weighted by Crippen LogP contribution is 2.28. The van der Waals surface area contributed by atoms with Gasteiger partial charge in [-0.3, -0.25) is 14.6 Å². The second-order valence-electron chi connectivity index (χ2n) is 5.34. The lowest BCUT2D eigenvalue weighted by Crippen LogP contribution is -2.27. The summed E-state index contributed by atoms with van der Waals surface area (Å²) in [5.41, 5.74) is 5.93. The van der Waals surface area contributed by atoms with Crippen LogP contribution in [0.5, 0.6) is 0 Å². The summed E-state index contributed by atoms with van der Waals surface area (Å²) in [6.45, 7) is 1.20. The van der Waals surface area contributed by atoms with Crippen molar-refractivity contribution in [2.75, 3.05) is 18.8 Å². The minimum atomic E-state index is -0.259. The molecule has 20 heavy (non-hydrogen) atoms. The number of carbonyl (C=O) groups is 1. The molecule has 1 aliphatic heterocycles. The third kappa shape index (κ3) is 2.82. The van der Waals surface area contributed by atoms with Crippen LogP contribution in [0.15, 0.2) is 10.9 Å². The van der Waals surface area contributed by atoms with Crippen molar-refractivity contribution in [3.8, 4) is 11.8 Å². The molecule has 0 spiro atoms. The van der Waals surface area contributed by atoms with Crippen molar-refractivity contribution in [1.29, 1.82) is 0 Å². The Morgan fingerprint density at radius 3 is 2.95 bits per heavy atom. The SMILES string of the molecule is Nc1nc(C2CCN(C(=O)C#CC3CC3)C2)cc(=O)[nH]1. The van der Waals surface area contributed by atoms with Crippen LogP contribution in [-0.2, 0) is 4.79 Å². The highest BCUT2D eigenvalue weighted by atomic mass is 16.2. The standard InChI is InChI=1S/C14H16N4O2/c15-14-16-11(7-12(19)17-14)10-5-6-18(8-10)13(20)4-3-9-1-2-9/h7,9-10H,1-2,5-6,8H2,(H3,15,16,17,19). The van der Waals surface area contributed by atoms with E-state index in [2.05, 4.69) is 21.8 Å². The number of H-pyrrole nitrogens is 1. The fourth-order valence-electron chi connectivity index (χ4n) is 2.36. The van der Waals surface area contributed by atoms with Gasteiger partial charge in [0.1, 0.15) is 0 Å². The molecule has 1 saturated carbocycles. The summed E-state index contributed by atoms with van der Waals surface area (Å²) in [6.07, 6.45) is 3.00. The second-order valence-corrected chi connectivity index (χ2v) is 5.34. The summed E-state index contributed by atoms with van der Waals surface area (Å²) in [4.78, 5) is 31.6. The number of rotatable bonds is 1. The first-order chi connectivity index (χ1) is 9.61. The van der Waals surface area contributed by atoms with Crippen molar-refractivity contribution >= 4 is 11.9 Å². The molecule has 104 valence electrons. The Balaban J connectivity index is 1.68. The third-order valence-corrected chi connectivity index (χ3v) is 3.63. The van der Waals surface area contributed by atoms with Crippen molar-refractivity contribution < 1.29 is 4.79 Å². The molecule has 2 aliphatic rings. The molecule has 1 unspecified atom stereocenters. The number of aromatic amines is 1. The Labute approximate surface area is 116 Å². The van der Waals surface area contributed by atoms with Gasteiger partial charge in [0, 0.05) is 31.0 Å². The zero-order valence-corrected chi connectivity index (χ0v) is 11.1. The van der Waals surface area contributed by atoms with Crippen LogP contribution in [0.4, 0.5) is 5.95 Å². The van der Waals surface area contributed by atoms with Crippen LogP contribution < -0.4 is 11.3 Å². The maximum absolute atomic E-state index is 11.9. The van der Waals surface area contributed by atoms with E-state index in [1.54, 1.807) is 4.90 Å². The summed E-state index contributed by atoms with van der Waals surface area (Å²) in [5.74, 6) is 6.15. The van der Waals surface area contributed by atoms with E-state index in [-0.39, 0.29) is 23.3 Å². The molecular weight excluding hydrogens is 256 g/mol. The summed E-state index contributed by atoms with van der Waals surface area (Å²) in [5, 5.41) is 0. The third-order valence-electron chi connectivity index (χ3n) is 3.63. The first-order valence-corrected chi connectivity index (χ1v) is 6.79. The average molecular weight is 272 g/mol. The molecule has 2 fully saturated rings. The molecule has 2 heterocycles. The molecule has 3 rings (SSSR count). The number of nitrogens with one attached hydrogen (secondary N) is 1. The highest BCUT2D eigenvalue weighted by molar-refractivity contribution is 5.93. The van der Waals surface area contributed by atoms with Crippen LogP contribution in [0.1, 0.15) is 30.9 Å². The van der Waals surface area contributed by atoms with Gasteiger partial charge in [-0.15, -0.1) is 0 Å². The van der Waals surface area contributed by atoms with Crippen molar-refractivity contribution in [3.05, 3.63) is 22.1 Å². The zero-order valence-electron chi connectivity index (χ0n) is 11.1. The number of nitrogens with two attached hydrogens (primary N) is 1. The maximum Gasteiger partial charge on any atom is 0.298 e. The van der Waals surface area contributed by atoms with Crippen LogP contribution in [0, 0.1) is 17.8 Å². The van der Waals surface area contributed by atoms with E-state index < -0.39 is 0 Å². The molecule has 6 heteroatoms. The second kappa shape index (κ2) is 5.00. The normalized spacial score (nSPS) is 21.4. The van der Waals surface area contributed by atoms with Crippen molar-refractivity contribution in [1.82, 2.24) is 14.9 Å². The number of nitrogen functional groups attached to an aromatic ring is 1. The van der Waals surface area contributed by atoms with Gasteiger partial charge in [0.15, 0.2) is 0 Å². The van der Waals surface area contributed by atoms with Gasteiger partial charge in [0.05, 0.1) is 5.69 Å². The number of nitrogens with zero attached hydrogens (tertiary/aromatic N) is 2. The Hall–Kier alpha value is -2.29. The summed E-state index contributed by atoms with van der Waals surface area (Å²) < 4.78 is 0. The number of hydrogen-bond acceptors (Lipinski definition) is 4. The van der Waals surface area contributed by atoms with Gasteiger partial charge >= 0.3 is 0 Å². The Morgan fingerprint density at radius 1 is 1.45 bits per heavy atom. The van der Waals surface area contributed by atoms with Gasteiger partial charge in [0.2, 0.25) is 5.95 Å². The lowest BCUT2D eigenvalue weighted by atomic mass is 10.1. The van der Waals surface area contributed by atoms with Crippen LogP contribution in [-0.4, -0.2) is 33.9 Å². The molecule has 0 radical (unpaired) electrons. The molecule has 1 amide bonds. The first-order valence-electron chi connectivity index (χ1n) is 6.79. The lowest BCUT2D eigenvalue weighted by Gasteiger charge is -2.12. The molecule has 3 N–H and O–H groups in total. The summed E-state index contributed by atoms with van der Waals surface area (Å²) >= 11 is 0. The number of aromatic nitrogens is 2. The molecule has 1 aliphatic carbocycles. The van der Waals surface area contributed by atoms with E-state index in [9.17, 15) is 9.59 Å². The molecule has 6 nitrogen and oxygen atoms in total.